The van der Waals surface area contributed by atoms with Gasteiger partial charge in [-0.05, 0) is 48.0 Å². The molecular formula is C22H17ClN2O4. The summed E-state index contributed by atoms with van der Waals surface area (Å²) in [5.74, 6) is -0.659. The van der Waals surface area contributed by atoms with Crippen molar-refractivity contribution in [2.24, 2.45) is 0 Å². The van der Waals surface area contributed by atoms with Gasteiger partial charge in [0, 0.05) is 5.69 Å². The third kappa shape index (κ3) is 5.24. The molecule has 0 aromatic heterocycles. The van der Waals surface area contributed by atoms with Crippen molar-refractivity contribution >= 4 is 39.9 Å². The lowest BCUT2D eigenvalue weighted by atomic mass is 10.1. The third-order valence-corrected chi connectivity index (χ3v) is 4.42. The van der Waals surface area contributed by atoms with E-state index in [0.717, 1.165) is 10.8 Å². The number of amides is 1. The fraction of sp³-hybridized carbons (Fsp3) is 0.136. The summed E-state index contributed by atoms with van der Waals surface area (Å²) in [6.07, 6.45) is -1.03. The van der Waals surface area contributed by atoms with Crippen LogP contribution in [0.15, 0.2) is 60.7 Å². The van der Waals surface area contributed by atoms with Crippen molar-refractivity contribution in [3.8, 4) is 11.8 Å². The van der Waals surface area contributed by atoms with Crippen LogP contribution < -0.4 is 10.1 Å². The van der Waals surface area contributed by atoms with E-state index in [0.29, 0.717) is 17.0 Å². The molecule has 0 aliphatic carbocycles. The van der Waals surface area contributed by atoms with Crippen LogP contribution in [0, 0.1) is 11.3 Å². The largest absolute Gasteiger partial charge is 0.482 e. The van der Waals surface area contributed by atoms with Gasteiger partial charge >= 0.3 is 5.97 Å². The molecule has 3 aromatic carbocycles. The number of hydrogen-bond donors (Lipinski definition) is 1. The van der Waals surface area contributed by atoms with Crippen LogP contribution in [0.1, 0.15) is 12.5 Å². The molecule has 29 heavy (non-hydrogen) atoms. The van der Waals surface area contributed by atoms with Crippen molar-refractivity contribution in [2.75, 3.05) is 11.9 Å². The van der Waals surface area contributed by atoms with Gasteiger partial charge < -0.3 is 14.8 Å². The van der Waals surface area contributed by atoms with Gasteiger partial charge in [-0.3, -0.25) is 4.79 Å². The Hall–Kier alpha value is -3.56. The number of nitriles is 1. The first-order chi connectivity index (χ1) is 14.0. The van der Waals surface area contributed by atoms with Gasteiger partial charge in [0.25, 0.3) is 5.91 Å². The van der Waals surface area contributed by atoms with Crippen molar-refractivity contribution in [1.82, 2.24) is 0 Å². The molecule has 3 rings (SSSR count). The number of nitrogens with one attached hydrogen (secondary N) is 1. The minimum Gasteiger partial charge on any atom is -0.482 e. The molecule has 0 bridgehead atoms. The van der Waals surface area contributed by atoms with Crippen LogP contribution in [0.3, 0.4) is 0 Å². The Bertz CT molecular complexity index is 1110. The molecule has 0 fully saturated rings. The maximum atomic E-state index is 12.2. The van der Waals surface area contributed by atoms with Crippen LogP contribution >= 0.6 is 11.6 Å². The standard InChI is InChI=1S/C22H17ClN2O4/c1-14(22(27)25-18-8-6-17(12-24)20(23)11-18)29-21(26)13-28-19-9-7-15-4-2-3-5-16(15)10-19/h2-11,14H,13H2,1H3,(H,25,27). The number of ether oxygens (including phenoxy) is 2. The number of hydrogen-bond acceptors (Lipinski definition) is 5. The zero-order valence-corrected chi connectivity index (χ0v) is 16.3. The van der Waals surface area contributed by atoms with Gasteiger partial charge in [-0.1, -0.05) is 41.9 Å². The topological polar surface area (TPSA) is 88.4 Å². The van der Waals surface area contributed by atoms with Gasteiger partial charge in [0.05, 0.1) is 10.6 Å². The Morgan fingerprint density at radius 3 is 2.59 bits per heavy atom. The minimum atomic E-state index is -1.03. The molecule has 0 heterocycles. The highest BCUT2D eigenvalue weighted by Crippen LogP contribution is 2.21. The van der Waals surface area contributed by atoms with Gasteiger partial charge in [-0.2, -0.15) is 5.26 Å². The van der Waals surface area contributed by atoms with E-state index in [2.05, 4.69) is 5.32 Å². The van der Waals surface area contributed by atoms with E-state index in [9.17, 15) is 9.59 Å². The fourth-order valence-electron chi connectivity index (χ4n) is 2.61. The van der Waals surface area contributed by atoms with Crippen molar-refractivity contribution in [3.05, 3.63) is 71.2 Å². The number of esters is 1. The summed E-state index contributed by atoms with van der Waals surface area (Å²) in [5, 5.41) is 13.7. The number of fused-ring (bicyclic) bond motifs is 1. The number of nitrogens with zero attached hydrogens (tertiary/aromatic N) is 1. The molecule has 1 N–H and O–H groups in total. The lowest BCUT2D eigenvalue weighted by Gasteiger charge is -2.14. The molecule has 1 unspecified atom stereocenters. The van der Waals surface area contributed by atoms with Crippen molar-refractivity contribution in [2.45, 2.75) is 13.0 Å². The van der Waals surface area contributed by atoms with E-state index >= 15 is 0 Å². The Balaban J connectivity index is 1.52. The zero-order valence-electron chi connectivity index (χ0n) is 15.5. The summed E-state index contributed by atoms with van der Waals surface area (Å²) in [6.45, 7) is 1.13. The first-order valence-electron chi connectivity index (χ1n) is 8.78. The molecule has 3 aromatic rings. The Morgan fingerprint density at radius 1 is 1.10 bits per heavy atom. The number of carbonyl (C=O) groups excluding carboxylic acids is 2. The highest BCUT2D eigenvalue weighted by Gasteiger charge is 2.18. The van der Waals surface area contributed by atoms with E-state index in [1.54, 1.807) is 12.1 Å². The first-order valence-corrected chi connectivity index (χ1v) is 9.15. The van der Waals surface area contributed by atoms with Crippen molar-refractivity contribution in [3.63, 3.8) is 0 Å². The van der Waals surface area contributed by atoms with Gasteiger partial charge in [0.1, 0.15) is 11.8 Å². The van der Waals surface area contributed by atoms with Crippen LogP contribution in [0.2, 0.25) is 5.02 Å². The summed E-state index contributed by atoms with van der Waals surface area (Å²) in [7, 11) is 0. The summed E-state index contributed by atoms with van der Waals surface area (Å²) in [6, 6.07) is 19.7. The normalized spacial score (nSPS) is 11.3. The summed E-state index contributed by atoms with van der Waals surface area (Å²) in [4.78, 5) is 24.2. The molecule has 0 aliphatic rings. The maximum Gasteiger partial charge on any atom is 0.344 e. The summed E-state index contributed by atoms with van der Waals surface area (Å²) in [5.41, 5.74) is 0.698. The van der Waals surface area contributed by atoms with Gasteiger partial charge in [-0.25, -0.2) is 4.79 Å². The quantitative estimate of drug-likeness (QED) is 0.614. The van der Waals surface area contributed by atoms with Crippen molar-refractivity contribution < 1.29 is 19.1 Å². The smallest absolute Gasteiger partial charge is 0.344 e. The molecule has 6 nitrogen and oxygen atoms in total. The zero-order chi connectivity index (χ0) is 20.8. The average Bonchev–Trinajstić information content (AvgIpc) is 2.72. The van der Waals surface area contributed by atoms with Crippen LogP contribution in [0.4, 0.5) is 5.69 Å². The lowest BCUT2D eigenvalue weighted by Crippen LogP contribution is -2.31. The number of rotatable bonds is 6. The second-order valence-electron chi connectivity index (χ2n) is 6.23. The fourth-order valence-corrected chi connectivity index (χ4v) is 2.83. The number of anilines is 1. The Kier molecular flexibility index (Phi) is 6.32. The Labute approximate surface area is 172 Å². The summed E-state index contributed by atoms with van der Waals surface area (Å²) >= 11 is 5.94. The molecule has 0 saturated heterocycles. The maximum absolute atomic E-state index is 12.2. The van der Waals surface area contributed by atoms with Gasteiger partial charge in [0.2, 0.25) is 0 Å². The predicted octanol–water partition coefficient (Wildman–Crippen LogP) is 4.31. The SMILES string of the molecule is CC(OC(=O)COc1ccc2ccccc2c1)C(=O)Nc1ccc(C#N)c(Cl)c1. The monoisotopic (exact) mass is 408 g/mol. The van der Waals surface area contributed by atoms with Crippen LogP contribution in [0.25, 0.3) is 10.8 Å². The van der Waals surface area contributed by atoms with E-state index in [-0.39, 0.29) is 11.6 Å². The van der Waals surface area contributed by atoms with Gasteiger partial charge in [0.15, 0.2) is 12.7 Å². The molecule has 0 aliphatic heterocycles. The predicted molar refractivity (Wildman–Crippen MR) is 110 cm³/mol. The molecule has 0 spiro atoms. The molecule has 1 atom stereocenters. The van der Waals surface area contributed by atoms with Crippen LogP contribution in [0.5, 0.6) is 5.75 Å². The molecular weight excluding hydrogens is 392 g/mol. The van der Waals surface area contributed by atoms with E-state index < -0.39 is 18.0 Å². The minimum absolute atomic E-state index is 0.221. The number of carbonyl (C=O) groups is 2. The first kappa shape index (κ1) is 20.2. The number of benzene rings is 3. The average molecular weight is 409 g/mol. The van der Waals surface area contributed by atoms with E-state index in [4.69, 9.17) is 26.3 Å². The van der Waals surface area contributed by atoms with Crippen molar-refractivity contribution in [1.29, 1.82) is 5.26 Å². The van der Waals surface area contributed by atoms with Crippen LogP contribution in [-0.4, -0.2) is 24.6 Å². The Morgan fingerprint density at radius 2 is 1.86 bits per heavy atom. The molecule has 0 radical (unpaired) electrons. The highest BCUT2D eigenvalue weighted by molar-refractivity contribution is 6.32. The van der Waals surface area contributed by atoms with Crippen LogP contribution in [-0.2, 0) is 14.3 Å². The summed E-state index contributed by atoms with van der Waals surface area (Å²) < 4.78 is 10.6. The molecule has 1 amide bonds. The molecule has 7 heteroatoms. The van der Waals surface area contributed by atoms with Gasteiger partial charge in [-0.15, -0.1) is 0 Å². The highest BCUT2D eigenvalue weighted by atomic mass is 35.5. The second-order valence-corrected chi connectivity index (χ2v) is 6.63. The molecule has 146 valence electrons. The van der Waals surface area contributed by atoms with E-state index in [1.807, 2.05) is 42.5 Å². The van der Waals surface area contributed by atoms with E-state index in [1.165, 1.54) is 19.1 Å². The third-order valence-electron chi connectivity index (χ3n) is 4.11. The molecule has 0 saturated carbocycles. The second kappa shape index (κ2) is 9.09. The lowest BCUT2D eigenvalue weighted by molar-refractivity contribution is -0.155. The number of halogens is 1.